The fraction of sp³-hybridized carbons (Fsp3) is 0.364. The largest absolute Gasteiger partial charge is 0.350 e. The molecule has 1 amide bonds. The molecule has 2 heterocycles. The summed E-state index contributed by atoms with van der Waals surface area (Å²) >= 11 is 4.63. The summed E-state index contributed by atoms with van der Waals surface area (Å²) in [7, 11) is 0. The number of thiazole rings is 2. The maximum absolute atomic E-state index is 11.6. The Morgan fingerprint density at radius 2 is 2.17 bits per heavy atom. The molecule has 0 fully saturated rings. The molecular formula is C11H13N3OS3. The second kappa shape index (κ2) is 6.31. The van der Waals surface area contributed by atoms with E-state index in [9.17, 15) is 4.79 Å². The topological polar surface area (TPSA) is 54.9 Å². The van der Waals surface area contributed by atoms with Crippen LogP contribution in [-0.2, 0) is 11.3 Å². The van der Waals surface area contributed by atoms with Gasteiger partial charge >= 0.3 is 0 Å². The van der Waals surface area contributed by atoms with Crippen molar-refractivity contribution in [3.8, 4) is 0 Å². The number of carbonyl (C=O) groups is 1. The summed E-state index contributed by atoms with van der Waals surface area (Å²) in [6.45, 7) is 4.41. The Balaban J connectivity index is 1.72. The SMILES string of the molecule is Cc1csc(SCC(=O)NCc2csc(C)n2)n1. The fourth-order valence-corrected chi connectivity index (χ4v) is 3.55. The zero-order chi connectivity index (χ0) is 13.0. The third kappa shape index (κ3) is 4.08. The molecule has 2 rings (SSSR count). The van der Waals surface area contributed by atoms with E-state index in [1.807, 2.05) is 24.6 Å². The van der Waals surface area contributed by atoms with Crippen molar-refractivity contribution in [3.63, 3.8) is 0 Å². The van der Waals surface area contributed by atoms with Gasteiger partial charge in [0.05, 0.1) is 23.0 Å². The molecule has 0 saturated carbocycles. The van der Waals surface area contributed by atoms with Crippen LogP contribution in [0.2, 0.25) is 0 Å². The minimum absolute atomic E-state index is 0.0125. The standard InChI is InChI=1S/C11H13N3OS3/c1-7-4-17-11(13-7)18-6-10(15)12-3-9-5-16-8(2)14-9/h4-5H,3,6H2,1-2H3,(H,12,15). The fourth-order valence-electron chi connectivity index (χ4n) is 1.26. The number of thioether (sulfide) groups is 1. The van der Waals surface area contributed by atoms with Gasteiger partial charge in [0.2, 0.25) is 5.91 Å². The number of rotatable bonds is 5. The summed E-state index contributed by atoms with van der Waals surface area (Å²) in [5.74, 6) is 0.411. The zero-order valence-corrected chi connectivity index (χ0v) is 12.5. The van der Waals surface area contributed by atoms with Gasteiger partial charge in [-0.2, -0.15) is 0 Å². The molecule has 0 spiro atoms. The van der Waals surface area contributed by atoms with Gasteiger partial charge in [-0.3, -0.25) is 4.79 Å². The minimum atomic E-state index is 0.0125. The minimum Gasteiger partial charge on any atom is -0.350 e. The molecule has 0 bridgehead atoms. The van der Waals surface area contributed by atoms with Gasteiger partial charge in [-0.05, 0) is 13.8 Å². The first-order valence-corrected chi connectivity index (χ1v) is 8.10. The first-order valence-electron chi connectivity index (χ1n) is 5.36. The molecule has 0 saturated heterocycles. The Morgan fingerprint density at radius 1 is 1.33 bits per heavy atom. The summed E-state index contributed by atoms with van der Waals surface area (Å²) in [4.78, 5) is 20.2. The Hall–Kier alpha value is -0.920. The third-order valence-electron chi connectivity index (χ3n) is 2.06. The van der Waals surface area contributed by atoms with E-state index in [1.165, 1.54) is 11.8 Å². The number of amides is 1. The molecule has 96 valence electrons. The van der Waals surface area contributed by atoms with Crippen molar-refractivity contribution in [1.82, 2.24) is 15.3 Å². The molecule has 0 aliphatic carbocycles. The number of aromatic nitrogens is 2. The van der Waals surface area contributed by atoms with Crippen LogP contribution in [-0.4, -0.2) is 21.6 Å². The summed E-state index contributed by atoms with van der Waals surface area (Å²) in [6, 6.07) is 0. The van der Waals surface area contributed by atoms with Gasteiger partial charge in [-0.25, -0.2) is 9.97 Å². The van der Waals surface area contributed by atoms with E-state index in [2.05, 4.69) is 15.3 Å². The Labute approximate surface area is 118 Å². The van der Waals surface area contributed by atoms with Crippen molar-refractivity contribution in [1.29, 1.82) is 0 Å². The van der Waals surface area contributed by atoms with Crippen molar-refractivity contribution in [2.24, 2.45) is 0 Å². The van der Waals surface area contributed by atoms with Gasteiger partial charge in [-0.1, -0.05) is 11.8 Å². The number of hydrogen-bond acceptors (Lipinski definition) is 6. The first kappa shape index (κ1) is 13.5. The predicted octanol–water partition coefficient (Wildman–Crippen LogP) is 2.62. The van der Waals surface area contributed by atoms with Crippen molar-refractivity contribution < 1.29 is 4.79 Å². The van der Waals surface area contributed by atoms with Crippen LogP contribution in [0.3, 0.4) is 0 Å². The highest BCUT2D eigenvalue weighted by Crippen LogP contribution is 2.21. The van der Waals surface area contributed by atoms with Crippen LogP contribution >= 0.6 is 34.4 Å². The number of nitrogens with one attached hydrogen (secondary N) is 1. The lowest BCUT2D eigenvalue weighted by molar-refractivity contribution is -0.118. The Kier molecular flexibility index (Phi) is 4.73. The van der Waals surface area contributed by atoms with Crippen LogP contribution in [0.4, 0.5) is 0 Å². The number of carbonyl (C=O) groups excluding carboxylic acids is 1. The van der Waals surface area contributed by atoms with E-state index in [0.29, 0.717) is 12.3 Å². The van der Waals surface area contributed by atoms with Gasteiger partial charge in [0, 0.05) is 16.5 Å². The van der Waals surface area contributed by atoms with Crippen LogP contribution in [0.25, 0.3) is 0 Å². The van der Waals surface area contributed by atoms with Gasteiger partial charge in [0.25, 0.3) is 0 Å². The highest BCUT2D eigenvalue weighted by Gasteiger charge is 2.06. The number of aryl methyl sites for hydroxylation is 2. The molecule has 0 aliphatic rings. The highest BCUT2D eigenvalue weighted by molar-refractivity contribution is 8.01. The molecule has 0 aliphatic heterocycles. The smallest absolute Gasteiger partial charge is 0.230 e. The maximum atomic E-state index is 11.6. The highest BCUT2D eigenvalue weighted by atomic mass is 32.2. The summed E-state index contributed by atoms with van der Waals surface area (Å²) in [5.41, 5.74) is 1.92. The van der Waals surface area contributed by atoms with Gasteiger partial charge in [-0.15, -0.1) is 22.7 Å². The summed E-state index contributed by atoms with van der Waals surface area (Å²) in [6.07, 6.45) is 0. The molecule has 2 aromatic heterocycles. The molecule has 2 aromatic rings. The first-order chi connectivity index (χ1) is 8.63. The van der Waals surface area contributed by atoms with E-state index in [4.69, 9.17) is 0 Å². The predicted molar refractivity (Wildman–Crippen MR) is 76.3 cm³/mol. The molecule has 1 N–H and O–H groups in total. The zero-order valence-electron chi connectivity index (χ0n) is 10.1. The van der Waals surface area contributed by atoms with Gasteiger partial charge in [0.1, 0.15) is 0 Å². The normalized spacial score (nSPS) is 10.6. The van der Waals surface area contributed by atoms with E-state index >= 15 is 0 Å². The number of nitrogens with zero attached hydrogens (tertiary/aromatic N) is 2. The Morgan fingerprint density at radius 3 is 2.78 bits per heavy atom. The Bertz CT molecular complexity index is 489. The van der Waals surface area contributed by atoms with Gasteiger partial charge < -0.3 is 5.32 Å². The van der Waals surface area contributed by atoms with Crippen LogP contribution in [0, 0.1) is 13.8 Å². The van der Waals surface area contributed by atoms with E-state index in [1.54, 1.807) is 22.7 Å². The molecule has 0 aromatic carbocycles. The summed E-state index contributed by atoms with van der Waals surface area (Å²) in [5, 5.41) is 7.82. The lowest BCUT2D eigenvalue weighted by atomic mass is 10.5. The second-order valence-corrected chi connectivity index (χ2v) is 6.82. The van der Waals surface area contributed by atoms with Crippen molar-refractivity contribution >= 4 is 40.3 Å². The van der Waals surface area contributed by atoms with Crippen molar-refractivity contribution in [3.05, 3.63) is 27.2 Å². The molecule has 4 nitrogen and oxygen atoms in total. The molecule has 0 unspecified atom stereocenters. The monoisotopic (exact) mass is 299 g/mol. The average Bonchev–Trinajstić information content (AvgIpc) is 2.93. The molecule has 0 atom stereocenters. The quantitative estimate of drug-likeness (QED) is 0.862. The van der Waals surface area contributed by atoms with Crippen LogP contribution in [0.15, 0.2) is 15.1 Å². The molecule has 7 heteroatoms. The van der Waals surface area contributed by atoms with Crippen LogP contribution < -0.4 is 5.32 Å². The second-order valence-electron chi connectivity index (χ2n) is 3.68. The van der Waals surface area contributed by atoms with E-state index in [-0.39, 0.29) is 5.91 Å². The lowest BCUT2D eigenvalue weighted by Gasteiger charge is -2.01. The molecule has 0 radical (unpaired) electrons. The van der Waals surface area contributed by atoms with Crippen molar-refractivity contribution in [2.75, 3.05) is 5.75 Å². The summed E-state index contributed by atoms with van der Waals surface area (Å²) < 4.78 is 0.937. The molecular weight excluding hydrogens is 286 g/mol. The third-order valence-corrected chi connectivity index (χ3v) is 5.02. The lowest BCUT2D eigenvalue weighted by Crippen LogP contribution is -2.24. The van der Waals surface area contributed by atoms with Crippen LogP contribution in [0.1, 0.15) is 16.4 Å². The van der Waals surface area contributed by atoms with E-state index in [0.717, 1.165) is 20.7 Å². The number of hydrogen-bond donors (Lipinski definition) is 1. The van der Waals surface area contributed by atoms with E-state index < -0.39 is 0 Å². The van der Waals surface area contributed by atoms with Gasteiger partial charge in [0.15, 0.2) is 4.34 Å². The van der Waals surface area contributed by atoms with Crippen LogP contribution in [0.5, 0.6) is 0 Å². The maximum Gasteiger partial charge on any atom is 0.230 e. The molecule has 18 heavy (non-hydrogen) atoms. The van der Waals surface area contributed by atoms with Crippen molar-refractivity contribution in [2.45, 2.75) is 24.7 Å². The average molecular weight is 299 g/mol.